The van der Waals surface area contributed by atoms with Crippen molar-refractivity contribution in [3.63, 3.8) is 0 Å². The van der Waals surface area contributed by atoms with Crippen LogP contribution in [0.25, 0.3) is 10.8 Å². The van der Waals surface area contributed by atoms with Gasteiger partial charge in [0.1, 0.15) is 0 Å². The molecule has 0 radical (unpaired) electrons. The minimum absolute atomic E-state index is 0.106. The third-order valence-electron chi connectivity index (χ3n) is 4.90. The molecule has 0 unspecified atom stereocenters. The lowest BCUT2D eigenvalue weighted by atomic mass is 10.00. The third-order valence-corrected chi connectivity index (χ3v) is 5.72. The van der Waals surface area contributed by atoms with Crippen LogP contribution in [0.4, 0.5) is 4.39 Å². The summed E-state index contributed by atoms with van der Waals surface area (Å²) < 4.78 is 24.9. The van der Waals surface area contributed by atoms with Gasteiger partial charge in [0.2, 0.25) is 5.91 Å². The fraction of sp³-hybridized carbons (Fsp3) is 0.208. The number of hydrogen-bond acceptors (Lipinski definition) is 6. The van der Waals surface area contributed by atoms with Crippen LogP contribution < -0.4 is 10.1 Å². The van der Waals surface area contributed by atoms with Crippen LogP contribution in [0, 0.1) is 5.82 Å². The molecule has 1 aromatic heterocycles. The van der Waals surface area contributed by atoms with E-state index >= 15 is 0 Å². The largest absolute Gasteiger partial charge is 0.478 e. The summed E-state index contributed by atoms with van der Waals surface area (Å²) in [7, 11) is 0. The number of hydrogen-bond donors (Lipinski definition) is 1. The van der Waals surface area contributed by atoms with E-state index in [0.717, 1.165) is 28.1 Å². The van der Waals surface area contributed by atoms with Crippen molar-refractivity contribution in [2.45, 2.75) is 31.2 Å². The van der Waals surface area contributed by atoms with Gasteiger partial charge in [0.05, 0.1) is 11.8 Å². The number of ether oxygens (including phenoxy) is 1. The lowest BCUT2D eigenvalue weighted by molar-refractivity contribution is -0.119. The SMILES string of the molecule is C[C@H](Oc1ccccc1F)c1nnc(SCC(=O)N[C@H](C)c2cccc3ccccc23)o1. The number of rotatable bonds is 8. The van der Waals surface area contributed by atoms with Crippen molar-refractivity contribution in [2.75, 3.05) is 5.75 Å². The summed E-state index contributed by atoms with van der Waals surface area (Å²) in [6.07, 6.45) is -0.631. The molecule has 0 fully saturated rings. The van der Waals surface area contributed by atoms with E-state index in [-0.39, 0.29) is 34.6 Å². The number of carbonyl (C=O) groups excluding carboxylic acids is 1. The summed E-state index contributed by atoms with van der Waals surface area (Å²) in [5, 5.41) is 13.4. The topological polar surface area (TPSA) is 77.2 Å². The van der Waals surface area contributed by atoms with E-state index in [9.17, 15) is 9.18 Å². The average molecular weight is 452 g/mol. The Hall–Kier alpha value is -3.39. The summed E-state index contributed by atoms with van der Waals surface area (Å²) >= 11 is 1.14. The zero-order valence-corrected chi connectivity index (χ0v) is 18.4. The van der Waals surface area contributed by atoms with Crippen molar-refractivity contribution >= 4 is 28.4 Å². The Morgan fingerprint density at radius 3 is 2.66 bits per heavy atom. The van der Waals surface area contributed by atoms with Gasteiger partial charge >= 0.3 is 0 Å². The van der Waals surface area contributed by atoms with Crippen molar-refractivity contribution < 1.29 is 18.3 Å². The van der Waals surface area contributed by atoms with Gasteiger partial charge in [-0.1, -0.05) is 66.4 Å². The van der Waals surface area contributed by atoms with Gasteiger partial charge in [0.15, 0.2) is 17.7 Å². The highest BCUT2D eigenvalue weighted by atomic mass is 32.2. The molecule has 8 heteroatoms. The van der Waals surface area contributed by atoms with E-state index in [0.29, 0.717) is 0 Å². The summed E-state index contributed by atoms with van der Waals surface area (Å²) in [5.41, 5.74) is 1.06. The number of nitrogens with zero attached hydrogens (tertiary/aromatic N) is 2. The Kier molecular flexibility index (Phi) is 6.70. The van der Waals surface area contributed by atoms with Gasteiger partial charge in [0, 0.05) is 0 Å². The predicted octanol–water partition coefficient (Wildman–Crippen LogP) is 5.47. The van der Waals surface area contributed by atoms with Gasteiger partial charge in [-0.05, 0) is 42.3 Å². The molecule has 4 rings (SSSR count). The summed E-state index contributed by atoms with van der Waals surface area (Å²) in [5.74, 6) is -0.176. The molecule has 3 aromatic carbocycles. The van der Waals surface area contributed by atoms with Gasteiger partial charge in [-0.3, -0.25) is 4.79 Å². The zero-order chi connectivity index (χ0) is 22.5. The molecule has 1 N–H and O–H groups in total. The second kappa shape index (κ2) is 9.82. The second-order valence-corrected chi connectivity index (χ2v) is 8.17. The van der Waals surface area contributed by atoms with Gasteiger partial charge in [-0.15, -0.1) is 10.2 Å². The maximum Gasteiger partial charge on any atom is 0.277 e. The van der Waals surface area contributed by atoms with Crippen molar-refractivity contribution in [2.24, 2.45) is 0 Å². The van der Waals surface area contributed by atoms with Crippen LogP contribution in [-0.4, -0.2) is 21.9 Å². The van der Waals surface area contributed by atoms with E-state index < -0.39 is 11.9 Å². The first-order chi connectivity index (χ1) is 15.5. The minimum atomic E-state index is -0.631. The molecule has 1 amide bonds. The van der Waals surface area contributed by atoms with Crippen LogP contribution in [0.2, 0.25) is 0 Å². The van der Waals surface area contributed by atoms with Crippen LogP contribution >= 0.6 is 11.8 Å². The molecule has 6 nitrogen and oxygen atoms in total. The molecule has 1 heterocycles. The van der Waals surface area contributed by atoms with Crippen LogP contribution in [0.3, 0.4) is 0 Å². The number of carbonyl (C=O) groups is 1. The summed E-state index contributed by atoms with van der Waals surface area (Å²) in [6.45, 7) is 3.64. The highest BCUT2D eigenvalue weighted by Gasteiger charge is 2.19. The van der Waals surface area contributed by atoms with Gasteiger partial charge in [-0.2, -0.15) is 0 Å². The first-order valence-electron chi connectivity index (χ1n) is 10.2. The van der Waals surface area contributed by atoms with Crippen molar-refractivity contribution in [3.8, 4) is 5.75 Å². The number of thioether (sulfide) groups is 1. The van der Waals surface area contributed by atoms with Crippen LogP contribution in [0.1, 0.15) is 37.4 Å². The molecular formula is C24H22FN3O3S. The first kappa shape index (κ1) is 21.8. The van der Waals surface area contributed by atoms with Gasteiger partial charge in [-0.25, -0.2) is 4.39 Å². The third kappa shape index (κ3) is 5.08. The fourth-order valence-corrected chi connectivity index (χ4v) is 3.92. The van der Waals surface area contributed by atoms with E-state index in [2.05, 4.69) is 15.5 Å². The molecule has 0 saturated carbocycles. The molecule has 0 aliphatic rings. The average Bonchev–Trinajstić information content (AvgIpc) is 3.28. The lowest BCUT2D eigenvalue weighted by Gasteiger charge is -2.16. The number of amides is 1. The minimum Gasteiger partial charge on any atom is -0.478 e. The highest BCUT2D eigenvalue weighted by Crippen LogP contribution is 2.26. The number of nitrogens with one attached hydrogen (secondary N) is 1. The first-order valence-corrected chi connectivity index (χ1v) is 11.1. The van der Waals surface area contributed by atoms with E-state index in [1.165, 1.54) is 12.1 Å². The van der Waals surface area contributed by atoms with Crippen molar-refractivity contribution in [1.29, 1.82) is 0 Å². The van der Waals surface area contributed by atoms with Gasteiger partial charge in [0.25, 0.3) is 11.1 Å². The molecule has 0 aliphatic heterocycles. The zero-order valence-electron chi connectivity index (χ0n) is 17.6. The quantitative estimate of drug-likeness (QED) is 0.358. The van der Waals surface area contributed by atoms with Crippen LogP contribution in [0.5, 0.6) is 5.75 Å². The number of fused-ring (bicyclic) bond motifs is 1. The molecule has 4 aromatic rings. The molecular weight excluding hydrogens is 429 g/mol. The molecule has 0 saturated heterocycles. The number of para-hydroxylation sites is 1. The van der Waals surface area contributed by atoms with E-state index in [1.54, 1.807) is 19.1 Å². The Balaban J connectivity index is 1.32. The molecule has 32 heavy (non-hydrogen) atoms. The molecule has 164 valence electrons. The summed E-state index contributed by atoms with van der Waals surface area (Å²) in [4.78, 5) is 12.5. The normalized spacial score (nSPS) is 13.0. The van der Waals surface area contributed by atoms with Crippen LogP contribution in [0.15, 0.2) is 76.4 Å². The molecule has 0 spiro atoms. The smallest absolute Gasteiger partial charge is 0.277 e. The molecule has 0 aliphatic carbocycles. The van der Waals surface area contributed by atoms with Crippen molar-refractivity contribution in [1.82, 2.24) is 15.5 Å². The molecule has 2 atom stereocenters. The lowest BCUT2D eigenvalue weighted by Crippen LogP contribution is -2.28. The Morgan fingerprint density at radius 1 is 1.06 bits per heavy atom. The number of aromatic nitrogens is 2. The fourth-order valence-electron chi connectivity index (χ4n) is 3.34. The Morgan fingerprint density at radius 2 is 1.81 bits per heavy atom. The number of halogens is 1. The Labute approximate surface area is 189 Å². The maximum atomic E-state index is 13.8. The van der Waals surface area contributed by atoms with E-state index in [1.807, 2.05) is 49.4 Å². The van der Waals surface area contributed by atoms with Crippen molar-refractivity contribution in [3.05, 3.63) is 84.0 Å². The van der Waals surface area contributed by atoms with Crippen LogP contribution in [-0.2, 0) is 4.79 Å². The predicted molar refractivity (Wildman–Crippen MR) is 121 cm³/mol. The standard InChI is InChI=1S/C24H22FN3O3S/c1-15(18-11-7-9-17-8-3-4-10-19(17)18)26-22(29)14-32-24-28-27-23(31-24)16(2)30-21-13-6-5-12-20(21)25/h3-13,15-16H,14H2,1-2H3,(H,26,29)/t15-,16+/m1/s1. The summed E-state index contributed by atoms with van der Waals surface area (Å²) in [6, 6.07) is 20.1. The molecule has 0 bridgehead atoms. The maximum absolute atomic E-state index is 13.8. The van der Waals surface area contributed by atoms with E-state index in [4.69, 9.17) is 9.15 Å². The second-order valence-electron chi connectivity index (χ2n) is 7.24. The Bertz CT molecular complexity index is 1220. The highest BCUT2D eigenvalue weighted by molar-refractivity contribution is 7.99. The number of benzene rings is 3. The van der Waals surface area contributed by atoms with Gasteiger partial charge < -0.3 is 14.5 Å². The monoisotopic (exact) mass is 451 g/mol.